The molecule has 72 valence electrons. The van der Waals surface area contributed by atoms with E-state index in [1.807, 2.05) is 0 Å². The summed E-state index contributed by atoms with van der Waals surface area (Å²) in [7, 11) is -4.31. The van der Waals surface area contributed by atoms with Crippen LogP contribution in [-0.4, -0.2) is 20.7 Å². The van der Waals surface area contributed by atoms with Gasteiger partial charge in [-0.3, -0.25) is 9.36 Å². The van der Waals surface area contributed by atoms with E-state index in [4.69, 9.17) is 9.79 Å². The molecule has 0 spiro atoms. The number of hydrogen-bond acceptors (Lipinski definition) is 2. The summed E-state index contributed by atoms with van der Waals surface area (Å²) >= 11 is 0. The van der Waals surface area contributed by atoms with Crippen molar-refractivity contribution in [1.29, 1.82) is 0 Å². The van der Waals surface area contributed by atoms with Crippen LogP contribution in [-0.2, 0) is 9.36 Å². The molecule has 0 atom stereocenters. The van der Waals surface area contributed by atoms with Gasteiger partial charge in [0.1, 0.15) is 10.9 Å². The van der Waals surface area contributed by atoms with Crippen molar-refractivity contribution < 1.29 is 19.1 Å². The molecule has 0 aromatic carbocycles. The van der Waals surface area contributed by atoms with Crippen molar-refractivity contribution in [2.45, 2.75) is 38.8 Å². The molecule has 0 saturated carbocycles. The zero-order valence-corrected chi connectivity index (χ0v) is 8.47. The maximum absolute atomic E-state index is 11.1. The molecule has 5 heteroatoms. The van der Waals surface area contributed by atoms with Gasteiger partial charge < -0.3 is 9.79 Å². The lowest BCUT2D eigenvalue weighted by Crippen LogP contribution is -2.35. The summed E-state index contributed by atoms with van der Waals surface area (Å²) in [4.78, 5) is 29.1. The molecule has 2 N–H and O–H groups in total. The number of hydrogen-bond donors (Lipinski definition) is 2. The number of Topliss-reactive ketones (excluding diaryl/α,β-unsaturated/α-hetero) is 1. The van der Waals surface area contributed by atoms with Gasteiger partial charge in [-0.1, -0.05) is 13.8 Å². The minimum Gasteiger partial charge on any atom is -0.324 e. The fourth-order valence-corrected chi connectivity index (χ4v) is 2.60. The Morgan fingerprint density at radius 2 is 1.67 bits per heavy atom. The molecule has 0 aliphatic heterocycles. The van der Waals surface area contributed by atoms with E-state index in [0.29, 0.717) is 0 Å². The lowest BCUT2D eigenvalue weighted by Gasteiger charge is -2.29. The maximum Gasteiger partial charge on any atom is 0.338 e. The monoisotopic (exact) mass is 194 g/mol. The standard InChI is InChI=1S/C7H15O4P/c1-4-7(5-2,6(3)8)12(9,10)11/h4-5H2,1-3H3,(H2,9,10,11). The summed E-state index contributed by atoms with van der Waals surface area (Å²) in [6, 6.07) is 0. The first-order chi connectivity index (χ1) is 5.31. The highest BCUT2D eigenvalue weighted by molar-refractivity contribution is 7.54. The lowest BCUT2D eigenvalue weighted by atomic mass is 9.98. The summed E-state index contributed by atoms with van der Waals surface area (Å²) in [6.45, 7) is 4.46. The molecule has 4 nitrogen and oxygen atoms in total. The van der Waals surface area contributed by atoms with Gasteiger partial charge in [0.2, 0.25) is 0 Å². The predicted molar refractivity (Wildman–Crippen MR) is 46.0 cm³/mol. The van der Waals surface area contributed by atoms with Crippen molar-refractivity contribution in [3.8, 4) is 0 Å². The Labute approximate surface area is 72.1 Å². The Morgan fingerprint density at radius 1 is 1.33 bits per heavy atom. The Hall–Kier alpha value is -0.180. The first-order valence-corrected chi connectivity index (χ1v) is 5.49. The smallest absolute Gasteiger partial charge is 0.324 e. The third-order valence-electron chi connectivity index (χ3n) is 2.38. The molecular formula is C7H15O4P. The van der Waals surface area contributed by atoms with Crippen LogP contribution in [0.3, 0.4) is 0 Å². The molecule has 0 heterocycles. The van der Waals surface area contributed by atoms with Crippen LogP contribution in [0, 0.1) is 0 Å². The van der Waals surface area contributed by atoms with E-state index in [1.54, 1.807) is 13.8 Å². The first kappa shape index (κ1) is 11.8. The van der Waals surface area contributed by atoms with Crippen molar-refractivity contribution in [3.05, 3.63) is 0 Å². The van der Waals surface area contributed by atoms with E-state index in [0.717, 1.165) is 0 Å². The summed E-state index contributed by atoms with van der Waals surface area (Å²) in [6.07, 6.45) is 0.367. The summed E-state index contributed by atoms with van der Waals surface area (Å²) < 4.78 is 11.0. The van der Waals surface area contributed by atoms with E-state index >= 15 is 0 Å². The van der Waals surface area contributed by atoms with Gasteiger partial charge in [-0.05, 0) is 19.8 Å². The fraction of sp³-hybridized carbons (Fsp3) is 0.857. The molecule has 0 aliphatic rings. The quantitative estimate of drug-likeness (QED) is 0.661. The Morgan fingerprint density at radius 3 is 1.67 bits per heavy atom. The van der Waals surface area contributed by atoms with E-state index in [1.165, 1.54) is 6.92 Å². The average molecular weight is 194 g/mol. The number of carbonyl (C=O) groups excluding carboxylic acids is 1. The zero-order chi connectivity index (χ0) is 9.99. The van der Waals surface area contributed by atoms with Gasteiger partial charge in [-0.15, -0.1) is 0 Å². The second-order valence-corrected chi connectivity index (χ2v) is 4.78. The molecule has 12 heavy (non-hydrogen) atoms. The highest BCUT2D eigenvalue weighted by Crippen LogP contribution is 2.54. The third-order valence-corrected chi connectivity index (χ3v) is 4.45. The summed E-state index contributed by atoms with van der Waals surface area (Å²) in [5.41, 5.74) is 0. The highest BCUT2D eigenvalue weighted by Gasteiger charge is 2.47. The second kappa shape index (κ2) is 3.69. The van der Waals surface area contributed by atoms with Crippen LogP contribution in [0.15, 0.2) is 0 Å². The van der Waals surface area contributed by atoms with Crippen LogP contribution >= 0.6 is 7.60 Å². The number of carbonyl (C=O) groups is 1. The number of rotatable bonds is 4. The molecule has 0 rings (SSSR count). The van der Waals surface area contributed by atoms with Crippen LogP contribution in [0.25, 0.3) is 0 Å². The molecule has 0 unspecified atom stereocenters. The minimum atomic E-state index is -4.31. The molecule has 0 amide bonds. The van der Waals surface area contributed by atoms with Crippen molar-refractivity contribution in [1.82, 2.24) is 0 Å². The normalized spacial score (nSPS) is 13.1. The average Bonchev–Trinajstić information content (AvgIpc) is 1.87. The van der Waals surface area contributed by atoms with Gasteiger partial charge in [-0.2, -0.15) is 0 Å². The molecule has 0 saturated heterocycles. The van der Waals surface area contributed by atoms with E-state index < -0.39 is 18.5 Å². The van der Waals surface area contributed by atoms with Crippen LogP contribution in [0.5, 0.6) is 0 Å². The van der Waals surface area contributed by atoms with Gasteiger partial charge >= 0.3 is 7.60 Å². The van der Waals surface area contributed by atoms with Crippen molar-refractivity contribution in [2.24, 2.45) is 0 Å². The van der Waals surface area contributed by atoms with Crippen LogP contribution in [0.1, 0.15) is 33.6 Å². The first-order valence-electron chi connectivity index (χ1n) is 3.88. The summed E-state index contributed by atoms with van der Waals surface area (Å²) in [5.74, 6) is -0.430. The van der Waals surface area contributed by atoms with Crippen LogP contribution < -0.4 is 0 Å². The van der Waals surface area contributed by atoms with E-state index in [2.05, 4.69) is 0 Å². The molecule has 0 fully saturated rings. The highest BCUT2D eigenvalue weighted by atomic mass is 31.2. The molecule has 0 aliphatic carbocycles. The van der Waals surface area contributed by atoms with Gasteiger partial charge in [0.05, 0.1) is 0 Å². The lowest BCUT2D eigenvalue weighted by molar-refractivity contribution is -0.120. The van der Waals surface area contributed by atoms with Crippen molar-refractivity contribution in [2.75, 3.05) is 0 Å². The molecule has 0 aromatic heterocycles. The molecule has 0 bridgehead atoms. The van der Waals surface area contributed by atoms with Gasteiger partial charge in [-0.25, -0.2) is 0 Å². The van der Waals surface area contributed by atoms with Crippen LogP contribution in [0.2, 0.25) is 0 Å². The fourth-order valence-electron chi connectivity index (χ4n) is 1.36. The maximum atomic E-state index is 11.1. The third kappa shape index (κ3) is 1.76. The predicted octanol–water partition coefficient (Wildman–Crippen LogP) is 1.31. The Kier molecular flexibility index (Phi) is 3.63. The van der Waals surface area contributed by atoms with Gasteiger partial charge in [0.15, 0.2) is 0 Å². The van der Waals surface area contributed by atoms with E-state index in [-0.39, 0.29) is 12.8 Å². The topological polar surface area (TPSA) is 74.6 Å². The van der Waals surface area contributed by atoms with Crippen molar-refractivity contribution in [3.63, 3.8) is 0 Å². The second-order valence-electron chi connectivity index (χ2n) is 2.84. The summed E-state index contributed by atoms with van der Waals surface area (Å²) in [5, 5.41) is -1.45. The Bertz CT molecular complexity index is 213. The molecule has 0 aromatic rings. The largest absolute Gasteiger partial charge is 0.338 e. The van der Waals surface area contributed by atoms with Gasteiger partial charge in [0.25, 0.3) is 0 Å². The zero-order valence-electron chi connectivity index (χ0n) is 7.57. The Balaban J connectivity index is 5.12. The number of ketones is 1. The van der Waals surface area contributed by atoms with Gasteiger partial charge in [0, 0.05) is 0 Å². The SMILES string of the molecule is CCC(CC)(C(C)=O)P(=O)(O)O. The molecular weight excluding hydrogens is 179 g/mol. The minimum absolute atomic E-state index is 0.184. The molecule has 0 radical (unpaired) electrons. The van der Waals surface area contributed by atoms with E-state index in [9.17, 15) is 9.36 Å². The van der Waals surface area contributed by atoms with Crippen LogP contribution in [0.4, 0.5) is 0 Å². The van der Waals surface area contributed by atoms with Crippen molar-refractivity contribution >= 4 is 13.4 Å².